The molecule has 1 aliphatic heterocycles. The third kappa shape index (κ3) is 3.06. The lowest BCUT2D eigenvalue weighted by Gasteiger charge is -2.11. The Morgan fingerprint density at radius 2 is 2.12 bits per heavy atom. The number of aromatic nitrogens is 2. The Kier molecular flexibility index (Phi) is 4.42. The van der Waals surface area contributed by atoms with E-state index in [9.17, 15) is 14.7 Å². The van der Waals surface area contributed by atoms with E-state index in [0.717, 1.165) is 15.9 Å². The van der Waals surface area contributed by atoms with Crippen LogP contribution in [0.3, 0.4) is 0 Å². The fourth-order valence-electron chi connectivity index (χ4n) is 2.75. The third-order valence-electron chi connectivity index (χ3n) is 4.04. The predicted octanol–water partition coefficient (Wildman–Crippen LogP) is 0.875. The van der Waals surface area contributed by atoms with Crippen LogP contribution in [0.25, 0.3) is 0 Å². The van der Waals surface area contributed by atoms with Gasteiger partial charge in [-0.3, -0.25) is 14.3 Å². The molecule has 0 saturated carbocycles. The molecule has 130 valence electrons. The Labute approximate surface area is 143 Å². The highest BCUT2D eigenvalue weighted by Crippen LogP contribution is 2.27. The van der Waals surface area contributed by atoms with Crippen molar-refractivity contribution in [2.75, 3.05) is 7.11 Å². The summed E-state index contributed by atoms with van der Waals surface area (Å²) in [6.07, 6.45) is 1.85. The molecule has 0 spiro atoms. The number of allylic oxidation sites excluding steroid dienone is 1. The molecule has 0 fully saturated rings. The van der Waals surface area contributed by atoms with Crippen LogP contribution < -0.4 is 21.4 Å². The van der Waals surface area contributed by atoms with Crippen LogP contribution in [0.4, 0.5) is 0 Å². The quantitative estimate of drug-likeness (QED) is 0.699. The number of hydrazone groups is 1. The van der Waals surface area contributed by atoms with Crippen molar-refractivity contribution in [3.63, 3.8) is 0 Å². The highest BCUT2D eigenvalue weighted by Gasteiger charge is 2.27. The number of benzene rings is 1. The average Bonchev–Trinajstić information content (AvgIpc) is 3.08. The van der Waals surface area contributed by atoms with Gasteiger partial charge < -0.3 is 15.3 Å². The van der Waals surface area contributed by atoms with Crippen molar-refractivity contribution < 1.29 is 9.84 Å². The van der Waals surface area contributed by atoms with Gasteiger partial charge in [0, 0.05) is 13.0 Å². The summed E-state index contributed by atoms with van der Waals surface area (Å²) in [4.78, 5) is 26.1. The lowest BCUT2D eigenvalue weighted by molar-refractivity contribution is 0.409. The van der Waals surface area contributed by atoms with Gasteiger partial charge in [0.05, 0.1) is 18.9 Å². The second-order valence-electron chi connectivity index (χ2n) is 5.57. The molecule has 1 atom stereocenters. The van der Waals surface area contributed by atoms with E-state index in [2.05, 4.69) is 22.1 Å². The van der Waals surface area contributed by atoms with Gasteiger partial charge >= 0.3 is 5.69 Å². The van der Waals surface area contributed by atoms with E-state index in [1.165, 1.54) is 6.08 Å². The molecule has 0 saturated heterocycles. The summed E-state index contributed by atoms with van der Waals surface area (Å²) < 4.78 is 6.17. The molecule has 3 rings (SSSR count). The Bertz CT molecular complexity index is 941. The lowest BCUT2D eigenvalue weighted by atomic mass is 10.00. The van der Waals surface area contributed by atoms with Crippen molar-refractivity contribution in [2.45, 2.75) is 19.0 Å². The Balaban J connectivity index is 1.91. The van der Waals surface area contributed by atoms with Gasteiger partial charge in [-0.2, -0.15) is 5.10 Å². The average molecular weight is 342 g/mol. The summed E-state index contributed by atoms with van der Waals surface area (Å²) >= 11 is 0. The van der Waals surface area contributed by atoms with E-state index < -0.39 is 17.1 Å². The van der Waals surface area contributed by atoms with Crippen LogP contribution in [0.5, 0.6) is 11.6 Å². The van der Waals surface area contributed by atoms with Gasteiger partial charge in [0.25, 0.3) is 5.56 Å². The number of aromatic amines is 1. The minimum Gasteiger partial charge on any atom is -0.497 e. The number of rotatable bonds is 5. The maximum Gasteiger partial charge on any atom is 0.331 e. The Morgan fingerprint density at radius 1 is 1.40 bits per heavy atom. The van der Waals surface area contributed by atoms with Crippen LogP contribution in [0.2, 0.25) is 0 Å². The van der Waals surface area contributed by atoms with Crippen molar-refractivity contribution in [1.29, 1.82) is 0 Å². The first-order chi connectivity index (χ1) is 12.0. The van der Waals surface area contributed by atoms with E-state index in [1.54, 1.807) is 7.11 Å². The SMILES string of the molecule is C=CCn1c(O)c(C2=NN[C@@H](c3ccc(OC)cc3)C2)c(=O)[nH]c1=O. The number of ether oxygens (including phenoxy) is 1. The monoisotopic (exact) mass is 342 g/mol. The first-order valence-electron chi connectivity index (χ1n) is 7.68. The zero-order valence-electron chi connectivity index (χ0n) is 13.7. The fourth-order valence-corrected chi connectivity index (χ4v) is 2.75. The van der Waals surface area contributed by atoms with Crippen LogP contribution in [-0.4, -0.2) is 27.5 Å². The van der Waals surface area contributed by atoms with Crippen LogP contribution in [0.1, 0.15) is 23.6 Å². The Morgan fingerprint density at radius 3 is 2.76 bits per heavy atom. The van der Waals surface area contributed by atoms with Gasteiger partial charge in [0.1, 0.15) is 11.3 Å². The van der Waals surface area contributed by atoms with Gasteiger partial charge in [-0.25, -0.2) is 4.79 Å². The minimum atomic E-state index is -0.690. The first-order valence-corrected chi connectivity index (χ1v) is 7.68. The second kappa shape index (κ2) is 6.68. The number of methoxy groups -OCH3 is 1. The van der Waals surface area contributed by atoms with Gasteiger partial charge in [-0.1, -0.05) is 18.2 Å². The molecule has 0 aliphatic carbocycles. The minimum absolute atomic E-state index is 0.00929. The van der Waals surface area contributed by atoms with Crippen molar-refractivity contribution in [1.82, 2.24) is 15.0 Å². The standard InChI is InChI=1S/C17H18N4O4/c1-3-8-21-16(23)14(15(22)18-17(21)24)13-9-12(19-20-13)10-4-6-11(25-2)7-5-10/h3-7,12,19,23H,1,8-9H2,2H3,(H,18,22,24)/t12-/m1/s1. The maximum absolute atomic E-state index is 12.2. The summed E-state index contributed by atoms with van der Waals surface area (Å²) in [6.45, 7) is 3.62. The van der Waals surface area contributed by atoms with Crippen LogP contribution in [-0.2, 0) is 6.54 Å². The number of nitrogens with zero attached hydrogens (tertiary/aromatic N) is 2. The smallest absolute Gasteiger partial charge is 0.331 e. The van der Waals surface area contributed by atoms with E-state index in [1.807, 2.05) is 24.3 Å². The van der Waals surface area contributed by atoms with Gasteiger partial charge in [-0.15, -0.1) is 6.58 Å². The van der Waals surface area contributed by atoms with Crippen molar-refractivity contribution in [3.8, 4) is 11.6 Å². The molecular formula is C17H18N4O4. The zero-order chi connectivity index (χ0) is 18.0. The van der Waals surface area contributed by atoms with Gasteiger partial charge in [0.2, 0.25) is 5.88 Å². The van der Waals surface area contributed by atoms with Crippen LogP contribution >= 0.6 is 0 Å². The lowest BCUT2D eigenvalue weighted by Crippen LogP contribution is -2.33. The van der Waals surface area contributed by atoms with Crippen molar-refractivity contribution in [2.24, 2.45) is 5.10 Å². The molecule has 2 aromatic rings. The van der Waals surface area contributed by atoms with E-state index in [-0.39, 0.29) is 18.2 Å². The normalized spacial score (nSPS) is 16.2. The molecule has 0 radical (unpaired) electrons. The number of nitrogens with one attached hydrogen (secondary N) is 2. The number of hydrogen-bond donors (Lipinski definition) is 3. The molecule has 2 heterocycles. The highest BCUT2D eigenvalue weighted by molar-refractivity contribution is 6.03. The topological polar surface area (TPSA) is 109 Å². The number of aromatic hydroxyl groups is 1. The van der Waals surface area contributed by atoms with Crippen LogP contribution in [0, 0.1) is 0 Å². The Hall–Kier alpha value is -3.29. The molecule has 0 bridgehead atoms. The molecule has 8 nitrogen and oxygen atoms in total. The molecular weight excluding hydrogens is 324 g/mol. The van der Waals surface area contributed by atoms with Crippen molar-refractivity contribution >= 4 is 5.71 Å². The second-order valence-corrected chi connectivity index (χ2v) is 5.57. The molecule has 3 N–H and O–H groups in total. The van der Waals surface area contributed by atoms with Gasteiger partial charge in [-0.05, 0) is 17.7 Å². The summed E-state index contributed by atoms with van der Waals surface area (Å²) in [5, 5.41) is 14.5. The fraction of sp³-hybridized carbons (Fsp3) is 0.235. The highest BCUT2D eigenvalue weighted by atomic mass is 16.5. The molecule has 1 aliphatic rings. The van der Waals surface area contributed by atoms with Gasteiger partial charge in [0.15, 0.2) is 0 Å². The molecule has 1 aromatic carbocycles. The molecule has 8 heteroatoms. The molecule has 0 unspecified atom stereocenters. The predicted molar refractivity (Wildman–Crippen MR) is 93.2 cm³/mol. The molecule has 25 heavy (non-hydrogen) atoms. The number of hydrogen-bond acceptors (Lipinski definition) is 6. The number of H-pyrrole nitrogens is 1. The molecule has 1 aromatic heterocycles. The summed E-state index contributed by atoms with van der Waals surface area (Å²) in [5.74, 6) is 0.332. The van der Waals surface area contributed by atoms with Crippen LogP contribution in [0.15, 0.2) is 51.6 Å². The van der Waals surface area contributed by atoms with Crippen molar-refractivity contribution in [3.05, 3.63) is 68.9 Å². The van der Waals surface area contributed by atoms with E-state index >= 15 is 0 Å². The maximum atomic E-state index is 12.2. The first kappa shape index (κ1) is 16.6. The largest absolute Gasteiger partial charge is 0.497 e. The summed E-state index contributed by atoms with van der Waals surface area (Å²) in [6, 6.07) is 7.34. The van der Waals surface area contributed by atoms with E-state index in [0.29, 0.717) is 12.1 Å². The summed E-state index contributed by atoms with van der Waals surface area (Å²) in [5.41, 5.74) is 2.94. The third-order valence-corrected chi connectivity index (χ3v) is 4.04. The zero-order valence-corrected chi connectivity index (χ0v) is 13.7. The molecule has 0 amide bonds. The summed E-state index contributed by atoms with van der Waals surface area (Å²) in [7, 11) is 1.59. The van der Waals surface area contributed by atoms with E-state index in [4.69, 9.17) is 4.74 Å².